The minimum absolute atomic E-state index is 0.0499. The Morgan fingerprint density at radius 3 is 2.35 bits per heavy atom. The van der Waals surface area contributed by atoms with Crippen LogP contribution in [0.5, 0.6) is 0 Å². The fourth-order valence-corrected chi connectivity index (χ4v) is 4.63. The van der Waals surface area contributed by atoms with Crippen molar-refractivity contribution >= 4 is 17.5 Å². The Morgan fingerprint density at radius 1 is 1.03 bits per heavy atom. The topological polar surface area (TPSA) is 76.4 Å². The minimum atomic E-state index is -0.808. The van der Waals surface area contributed by atoms with Gasteiger partial charge in [0.25, 0.3) is 5.91 Å². The molecule has 0 bridgehead atoms. The van der Waals surface area contributed by atoms with Gasteiger partial charge in [-0.15, -0.1) is 0 Å². The van der Waals surface area contributed by atoms with E-state index >= 15 is 0 Å². The molecule has 2 amide bonds. The number of anilines is 1. The summed E-state index contributed by atoms with van der Waals surface area (Å²) < 4.78 is 0. The first-order chi connectivity index (χ1) is 15.0. The summed E-state index contributed by atoms with van der Waals surface area (Å²) in [6.07, 6.45) is 3.23. The van der Waals surface area contributed by atoms with Crippen LogP contribution in [-0.2, 0) is 4.79 Å². The van der Waals surface area contributed by atoms with Crippen molar-refractivity contribution in [3.8, 4) is 6.07 Å². The molecule has 2 aliphatic rings. The van der Waals surface area contributed by atoms with E-state index < -0.39 is 5.54 Å². The van der Waals surface area contributed by atoms with Crippen LogP contribution in [0.1, 0.15) is 48.5 Å². The average Bonchev–Trinajstić information content (AvgIpc) is 3.22. The van der Waals surface area contributed by atoms with Gasteiger partial charge in [-0.2, -0.15) is 5.26 Å². The molecule has 2 heterocycles. The average molecular weight is 417 g/mol. The van der Waals surface area contributed by atoms with Crippen molar-refractivity contribution in [2.45, 2.75) is 44.2 Å². The van der Waals surface area contributed by atoms with Crippen LogP contribution >= 0.6 is 0 Å². The van der Waals surface area contributed by atoms with Crippen molar-refractivity contribution in [3.63, 3.8) is 0 Å². The summed E-state index contributed by atoms with van der Waals surface area (Å²) in [6, 6.07) is 19.1. The highest BCUT2D eigenvalue weighted by Crippen LogP contribution is 2.31. The monoisotopic (exact) mass is 416 g/mol. The van der Waals surface area contributed by atoms with Gasteiger partial charge in [0.15, 0.2) is 0 Å². The summed E-state index contributed by atoms with van der Waals surface area (Å²) in [6.45, 7) is 4.19. The second-order valence-corrected chi connectivity index (χ2v) is 8.59. The van der Waals surface area contributed by atoms with Crippen molar-refractivity contribution in [1.29, 1.82) is 5.26 Å². The molecule has 2 fully saturated rings. The Bertz CT molecular complexity index is 975. The number of hydrogen-bond acceptors (Lipinski definition) is 4. The summed E-state index contributed by atoms with van der Waals surface area (Å²) in [4.78, 5) is 30.3. The number of benzene rings is 2. The van der Waals surface area contributed by atoms with Crippen molar-refractivity contribution < 1.29 is 9.59 Å². The Labute approximate surface area is 183 Å². The maximum Gasteiger partial charge on any atom is 0.254 e. The van der Waals surface area contributed by atoms with Gasteiger partial charge in [0, 0.05) is 36.9 Å². The standard InChI is InChI=1S/C25H28N4O2/c1-25(14-5-15-29(25)23(30)20-6-3-2-4-7-20)24(31)27-21-12-16-28(17-13-21)22-10-8-19(18-26)9-11-22/h2-4,6-11,21H,5,12-17H2,1H3,(H,27,31). The number of piperidine rings is 1. The second kappa shape index (κ2) is 8.81. The van der Waals surface area contributed by atoms with Crippen molar-refractivity contribution in [3.05, 3.63) is 65.7 Å². The Balaban J connectivity index is 1.36. The largest absolute Gasteiger partial charge is 0.371 e. The third-order valence-corrected chi connectivity index (χ3v) is 6.59. The molecule has 0 aromatic heterocycles. The lowest BCUT2D eigenvalue weighted by Crippen LogP contribution is -2.58. The molecule has 2 saturated heterocycles. The second-order valence-electron chi connectivity index (χ2n) is 8.59. The normalized spacial score (nSPS) is 21.5. The number of nitrogens with zero attached hydrogens (tertiary/aromatic N) is 3. The molecule has 0 radical (unpaired) electrons. The molecular formula is C25H28N4O2. The molecule has 0 aliphatic carbocycles. The zero-order chi connectivity index (χ0) is 21.8. The molecule has 4 rings (SSSR count). The number of amides is 2. The SMILES string of the molecule is CC1(C(=O)NC2CCN(c3ccc(C#N)cc3)CC2)CCCN1C(=O)c1ccccc1. The van der Waals surface area contributed by atoms with Gasteiger partial charge >= 0.3 is 0 Å². The molecule has 0 spiro atoms. The fourth-order valence-electron chi connectivity index (χ4n) is 4.63. The lowest BCUT2D eigenvalue weighted by molar-refractivity contribution is -0.130. The maximum absolute atomic E-state index is 13.3. The highest BCUT2D eigenvalue weighted by Gasteiger charge is 2.46. The third kappa shape index (κ3) is 4.27. The van der Waals surface area contributed by atoms with Crippen LogP contribution < -0.4 is 10.2 Å². The zero-order valence-electron chi connectivity index (χ0n) is 17.9. The lowest BCUT2D eigenvalue weighted by Gasteiger charge is -2.38. The summed E-state index contributed by atoms with van der Waals surface area (Å²) in [5.74, 6) is -0.127. The van der Waals surface area contributed by atoms with Crippen molar-refractivity contribution in [2.75, 3.05) is 24.5 Å². The highest BCUT2D eigenvalue weighted by molar-refractivity contribution is 5.99. The molecule has 1 unspecified atom stereocenters. The summed E-state index contributed by atoms with van der Waals surface area (Å²) in [5.41, 5.74) is 1.58. The van der Waals surface area contributed by atoms with E-state index in [0.717, 1.165) is 38.0 Å². The lowest BCUT2D eigenvalue weighted by atomic mass is 9.95. The van der Waals surface area contributed by atoms with E-state index in [1.165, 1.54) is 0 Å². The Hall–Kier alpha value is -3.33. The molecule has 1 N–H and O–H groups in total. The minimum Gasteiger partial charge on any atom is -0.371 e. The van der Waals surface area contributed by atoms with E-state index in [2.05, 4.69) is 16.3 Å². The predicted octanol–water partition coefficient (Wildman–Crippen LogP) is 3.34. The number of nitriles is 1. The van der Waals surface area contributed by atoms with Crippen LogP contribution in [-0.4, -0.2) is 47.9 Å². The molecule has 2 aliphatic heterocycles. The molecular weight excluding hydrogens is 388 g/mol. The highest BCUT2D eigenvalue weighted by atomic mass is 16.2. The van der Waals surface area contributed by atoms with Gasteiger partial charge in [-0.25, -0.2) is 0 Å². The van der Waals surface area contributed by atoms with Crippen LogP contribution in [0.4, 0.5) is 5.69 Å². The van der Waals surface area contributed by atoms with Gasteiger partial charge in [-0.1, -0.05) is 18.2 Å². The summed E-state index contributed by atoms with van der Waals surface area (Å²) >= 11 is 0. The number of likely N-dealkylation sites (tertiary alicyclic amines) is 1. The van der Waals surface area contributed by atoms with Crippen LogP contribution in [0, 0.1) is 11.3 Å². The molecule has 6 nitrogen and oxygen atoms in total. The van der Waals surface area contributed by atoms with Gasteiger partial charge in [0.2, 0.25) is 5.91 Å². The first-order valence-electron chi connectivity index (χ1n) is 10.9. The third-order valence-electron chi connectivity index (χ3n) is 6.59. The number of carbonyl (C=O) groups is 2. The maximum atomic E-state index is 13.3. The summed E-state index contributed by atoms with van der Waals surface area (Å²) in [5, 5.41) is 12.2. The van der Waals surface area contributed by atoms with Crippen LogP contribution in [0.15, 0.2) is 54.6 Å². The number of hydrogen-bond donors (Lipinski definition) is 1. The van der Waals surface area contributed by atoms with Crippen molar-refractivity contribution in [1.82, 2.24) is 10.2 Å². The molecule has 6 heteroatoms. The molecule has 31 heavy (non-hydrogen) atoms. The van der Waals surface area contributed by atoms with E-state index in [4.69, 9.17) is 5.26 Å². The van der Waals surface area contributed by atoms with Gasteiger partial charge in [0.1, 0.15) is 5.54 Å². The molecule has 2 aromatic rings. The molecule has 160 valence electrons. The van der Waals surface area contributed by atoms with Crippen LogP contribution in [0.2, 0.25) is 0 Å². The van der Waals surface area contributed by atoms with Crippen molar-refractivity contribution in [2.24, 2.45) is 0 Å². The quantitative estimate of drug-likeness (QED) is 0.829. The van der Waals surface area contributed by atoms with Gasteiger partial charge in [-0.3, -0.25) is 9.59 Å². The van der Waals surface area contributed by atoms with Gasteiger partial charge in [0.05, 0.1) is 11.6 Å². The first kappa shape index (κ1) is 20.9. The Kier molecular flexibility index (Phi) is 5.94. The van der Waals surface area contributed by atoms with E-state index in [1.54, 1.807) is 17.0 Å². The van der Waals surface area contributed by atoms with E-state index in [9.17, 15) is 9.59 Å². The predicted molar refractivity (Wildman–Crippen MR) is 120 cm³/mol. The van der Waals surface area contributed by atoms with Gasteiger partial charge in [-0.05, 0) is 69.0 Å². The first-order valence-corrected chi connectivity index (χ1v) is 10.9. The summed E-state index contributed by atoms with van der Waals surface area (Å²) in [7, 11) is 0. The Morgan fingerprint density at radius 2 is 1.71 bits per heavy atom. The number of carbonyl (C=O) groups excluding carboxylic acids is 2. The molecule has 0 saturated carbocycles. The number of rotatable bonds is 4. The molecule has 1 atom stereocenters. The van der Waals surface area contributed by atoms with E-state index in [-0.39, 0.29) is 17.9 Å². The van der Waals surface area contributed by atoms with E-state index in [1.807, 2.05) is 49.4 Å². The van der Waals surface area contributed by atoms with Crippen LogP contribution in [0.3, 0.4) is 0 Å². The van der Waals surface area contributed by atoms with Gasteiger partial charge < -0.3 is 15.1 Å². The molecule has 2 aromatic carbocycles. The zero-order valence-corrected chi connectivity index (χ0v) is 17.9. The number of nitrogens with one attached hydrogen (secondary N) is 1. The van der Waals surface area contributed by atoms with Crippen LogP contribution in [0.25, 0.3) is 0 Å². The fraction of sp³-hybridized carbons (Fsp3) is 0.400. The smallest absolute Gasteiger partial charge is 0.254 e. The van der Waals surface area contributed by atoms with E-state index in [0.29, 0.717) is 24.1 Å².